The predicted octanol–water partition coefficient (Wildman–Crippen LogP) is 3.69. The molecular formula is C13H12ClNOS. The van der Waals surface area contributed by atoms with E-state index in [4.69, 9.17) is 16.7 Å². The van der Waals surface area contributed by atoms with Crippen molar-refractivity contribution in [1.29, 1.82) is 0 Å². The molecule has 0 bridgehead atoms. The van der Waals surface area contributed by atoms with Crippen molar-refractivity contribution >= 4 is 23.4 Å². The van der Waals surface area contributed by atoms with E-state index in [9.17, 15) is 0 Å². The maximum Gasteiger partial charge on any atom is 0.104 e. The van der Waals surface area contributed by atoms with E-state index in [1.165, 1.54) is 0 Å². The van der Waals surface area contributed by atoms with Gasteiger partial charge in [-0.2, -0.15) is 0 Å². The van der Waals surface area contributed by atoms with Crippen LogP contribution in [0.4, 0.5) is 0 Å². The molecule has 0 aliphatic rings. The first-order valence-corrected chi connectivity index (χ1v) is 6.38. The van der Waals surface area contributed by atoms with Crippen LogP contribution in [0.3, 0.4) is 0 Å². The Bertz CT molecular complexity index is 531. The van der Waals surface area contributed by atoms with Crippen LogP contribution in [-0.2, 0) is 6.61 Å². The van der Waals surface area contributed by atoms with E-state index in [1.807, 2.05) is 37.3 Å². The Hall–Kier alpha value is -1.03. The van der Waals surface area contributed by atoms with Crippen molar-refractivity contribution in [2.24, 2.45) is 0 Å². The predicted molar refractivity (Wildman–Crippen MR) is 70.5 cm³/mol. The van der Waals surface area contributed by atoms with E-state index in [0.29, 0.717) is 0 Å². The molecule has 0 amide bonds. The molecule has 0 saturated heterocycles. The van der Waals surface area contributed by atoms with Gasteiger partial charge in [-0.05, 0) is 42.3 Å². The Morgan fingerprint density at radius 1 is 1.35 bits per heavy atom. The zero-order valence-electron chi connectivity index (χ0n) is 9.35. The Morgan fingerprint density at radius 2 is 2.18 bits per heavy atom. The first-order valence-electron chi connectivity index (χ1n) is 5.19. The number of nitrogens with zero attached hydrogens (tertiary/aromatic N) is 1. The van der Waals surface area contributed by atoms with Crippen LogP contribution in [0, 0.1) is 6.92 Å². The van der Waals surface area contributed by atoms with E-state index in [0.717, 1.165) is 26.1 Å². The largest absolute Gasteiger partial charge is 0.392 e. The molecule has 0 atom stereocenters. The summed E-state index contributed by atoms with van der Waals surface area (Å²) in [4.78, 5) is 5.39. The number of halogens is 1. The second-order valence-corrected chi connectivity index (χ2v) is 5.18. The third kappa shape index (κ3) is 3.22. The first-order chi connectivity index (χ1) is 8.19. The summed E-state index contributed by atoms with van der Waals surface area (Å²) in [5.41, 5.74) is 1.89. The van der Waals surface area contributed by atoms with E-state index in [1.54, 1.807) is 18.0 Å². The zero-order chi connectivity index (χ0) is 12.3. The van der Waals surface area contributed by atoms with E-state index >= 15 is 0 Å². The van der Waals surface area contributed by atoms with Crippen molar-refractivity contribution in [3.63, 3.8) is 0 Å². The quantitative estimate of drug-likeness (QED) is 0.919. The Balaban J connectivity index is 2.24. The molecule has 1 aromatic heterocycles. The number of aromatic nitrogens is 1. The monoisotopic (exact) mass is 265 g/mol. The van der Waals surface area contributed by atoms with Crippen molar-refractivity contribution in [3.8, 4) is 0 Å². The fourth-order valence-corrected chi connectivity index (χ4v) is 2.59. The van der Waals surface area contributed by atoms with Crippen molar-refractivity contribution in [3.05, 3.63) is 52.7 Å². The van der Waals surface area contributed by atoms with Gasteiger partial charge in [0.2, 0.25) is 0 Å². The van der Waals surface area contributed by atoms with Crippen LogP contribution < -0.4 is 0 Å². The molecule has 1 aromatic carbocycles. The molecule has 0 unspecified atom stereocenters. The third-order valence-electron chi connectivity index (χ3n) is 2.28. The van der Waals surface area contributed by atoms with Gasteiger partial charge in [-0.3, -0.25) is 0 Å². The smallest absolute Gasteiger partial charge is 0.104 e. The van der Waals surface area contributed by atoms with Gasteiger partial charge in [0.25, 0.3) is 0 Å². The third-order valence-corrected chi connectivity index (χ3v) is 3.63. The average Bonchev–Trinajstić information content (AvgIpc) is 2.32. The summed E-state index contributed by atoms with van der Waals surface area (Å²) in [7, 11) is 0. The summed E-state index contributed by atoms with van der Waals surface area (Å²) in [5.74, 6) is 0. The molecule has 17 heavy (non-hydrogen) atoms. The van der Waals surface area contributed by atoms with E-state index < -0.39 is 0 Å². The standard InChI is InChI=1S/C13H12ClNOS/c1-9-5-10(8-16)7-15-13(9)17-12-4-2-3-11(14)6-12/h2-7,16H,8H2,1H3. The molecule has 1 N–H and O–H groups in total. The highest BCUT2D eigenvalue weighted by Gasteiger charge is 2.04. The fourth-order valence-electron chi connectivity index (χ4n) is 1.46. The van der Waals surface area contributed by atoms with E-state index in [2.05, 4.69) is 4.98 Å². The van der Waals surface area contributed by atoms with Crippen LogP contribution in [-0.4, -0.2) is 10.1 Å². The topological polar surface area (TPSA) is 33.1 Å². The molecule has 88 valence electrons. The van der Waals surface area contributed by atoms with Crippen molar-refractivity contribution in [2.75, 3.05) is 0 Å². The summed E-state index contributed by atoms with van der Waals surface area (Å²) >= 11 is 7.50. The van der Waals surface area contributed by atoms with E-state index in [-0.39, 0.29) is 6.61 Å². The molecule has 0 saturated carbocycles. The van der Waals surface area contributed by atoms with Crippen molar-refractivity contribution in [2.45, 2.75) is 23.5 Å². The van der Waals surface area contributed by atoms with Gasteiger partial charge in [-0.15, -0.1) is 0 Å². The second kappa shape index (κ2) is 5.54. The number of hydrogen-bond acceptors (Lipinski definition) is 3. The normalized spacial score (nSPS) is 10.5. The lowest BCUT2D eigenvalue weighted by Gasteiger charge is -2.06. The summed E-state index contributed by atoms with van der Waals surface area (Å²) in [6, 6.07) is 9.62. The minimum absolute atomic E-state index is 0.0238. The van der Waals surface area contributed by atoms with Crippen LogP contribution in [0.25, 0.3) is 0 Å². The Morgan fingerprint density at radius 3 is 2.82 bits per heavy atom. The summed E-state index contributed by atoms with van der Waals surface area (Å²) in [5, 5.41) is 10.7. The fraction of sp³-hybridized carbons (Fsp3) is 0.154. The lowest BCUT2D eigenvalue weighted by molar-refractivity contribution is 0.281. The van der Waals surface area contributed by atoms with Crippen LogP contribution in [0.1, 0.15) is 11.1 Å². The number of benzene rings is 1. The molecule has 2 aromatic rings. The number of aryl methyl sites for hydroxylation is 1. The highest BCUT2D eigenvalue weighted by molar-refractivity contribution is 7.99. The maximum atomic E-state index is 9.01. The summed E-state index contributed by atoms with van der Waals surface area (Å²) in [6.07, 6.45) is 1.69. The van der Waals surface area contributed by atoms with Gasteiger partial charge < -0.3 is 5.11 Å². The Labute approximate surface area is 110 Å². The van der Waals surface area contributed by atoms with Crippen LogP contribution in [0.2, 0.25) is 5.02 Å². The molecule has 0 spiro atoms. The SMILES string of the molecule is Cc1cc(CO)cnc1Sc1cccc(Cl)c1. The van der Waals surface area contributed by atoms with Crippen molar-refractivity contribution in [1.82, 2.24) is 4.98 Å². The lowest BCUT2D eigenvalue weighted by atomic mass is 10.2. The highest BCUT2D eigenvalue weighted by Crippen LogP contribution is 2.30. The summed E-state index contributed by atoms with van der Waals surface area (Å²) < 4.78 is 0. The van der Waals surface area contributed by atoms with Gasteiger partial charge in [0.1, 0.15) is 5.03 Å². The molecule has 0 aliphatic carbocycles. The summed E-state index contributed by atoms with van der Waals surface area (Å²) in [6.45, 7) is 2.01. The van der Waals surface area contributed by atoms with Gasteiger partial charge >= 0.3 is 0 Å². The molecular weight excluding hydrogens is 254 g/mol. The number of aliphatic hydroxyl groups is 1. The lowest BCUT2D eigenvalue weighted by Crippen LogP contribution is -1.90. The second-order valence-electron chi connectivity index (χ2n) is 3.68. The van der Waals surface area contributed by atoms with Gasteiger partial charge in [0.05, 0.1) is 6.61 Å². The maximum absolute atomic E-state index is 9.01. The molecule has 0 radical (unpaired) electrons. The Kier molecular flexibility index (Phi) is 4.05. The first kappa shape index (κ1) is 12.4. The number of pyridine rings is 1. The van der Waals surface area contributed by atoms with Gasteiger partial charge in [0, 0.05) is 16.1 Å². The van der Waals surface area contributed by atoms with Crippen LogP contribution in [0.15, 0.2) is 46.5 Å². The molecule has 2 nitrogen and oxygen atoms in total. The number of hydrogen-bond donors (Lipinski definition) is 1. The molecule has 2 rings (SSSR count). The molecule has 4 heteroatoms. The zero-order valence-corrected chi connectivity index (χ0v) is 10.9. The van der Waals surface area contributed by atoms with Crippen LogP contribution in [0.5, 0.6) is 0 Å². The van der Waals surface area contributed by atoms with Gasteiger partial charge in [-0.25, -0.2) is 4.98 Å². The minimum atomic E-state index is 0.0238. The molecule has 1 heterocycles. The number of aliphatic hydroxyl groups excluding tert-OH is 1. The number of rotatable bonds is 3. The van der Waals surface area contributed by atoms with Gasteiger partial charge in [-0.1, -0.05) is 29.4 Å². The van der Waals surface area contributed by atoms with Crippen LogP contribution >= 0.6 is 23.4 Å². The van der Waals surface area contributed by atoms with Crippen molar-refractivity contribution < 1.29 is 5.11 Å². The average molecular weight is 266 g/mol. The highest BCUT2D eigenvalue weighted by atomic mass is 35.5. The molecule has 0 aliphatic heterocycles. The van der Waals surface area contributed by atoms with Gasteiger partial charge in [0.15, 0.2) is 0 Å². The minimum Gasteiger partial charge on any atom is -0.392 e. The molecule has 0 fully saturated rings.